The van der Waals surface area contributed by atoms with Crippen molar-refractivity contribution in [1.29, 1.82) is 0 Å². The van der Waals surface area contributed by atoms with Gasteiger partial charge in [0.1, 0.15) is 6.10 Å². The number of piperidine rings is 1. The molecule has 1 amide bonds. The van der Waals surface area contributed by atoms with E-state index < -0.39 is 23.4 Å². The van der Waals surface area contributed by atoms with Crippen molar-refractivity contribution in [3.05, 3.63) is 65.7 Å². The molecule has 2 saturated heterocycles. The lowest BCUT2D eigenvalue weighted by Crippen LogP contribution is -2.43. The predicted molar refractivity (Wildman–Crippen MR) is 110 cm³/mol. The summed E-state index contributed by atoms with van der Waals surface area (Å²) in [5.74, 6) is 0. The number of hydrogen-bond donors (Lipinski definition) is 1. The average molecular weight is 434 g/mol. The van der Waals surface area contributed by atoms with Crippen molar-refractivity contribution in [1.82, 2.24) is 4.90 Å². The van der Waals surface area contributed by atoms with Gasteiger partial charge in [0.15, 0.2) is 0 Å². The summed E-state index contributed by atoms with van der Waals surface area (Å²) < 4.78 is 44.3. The molecule has 0 spiro atoms. The number of halogens is 3. The molecule has 2 aliphatic heterocycles. The van der Waals surface area contributed by atoms with E-state index in [2.05, 4.69) is 4.90 Å². The van der Waals surface area contributed by atoms with Gasteiger partial charge in [-0.1, -0.05) is 36.4 Å². The molecule has 2 fully saturated rings. The molecule has 0 aromatic heterocycles. The van der Waals surface area contributed by atoms with E-state index in [9.17, 15) is 23.1 Å². The van der Waals surface area contributed by atoms with Crippen LogP contribution in [0.2, 0.25) is 0 Å². The smallest absolute Gasteiger partial charge is 0.416 e. The van der Waals surface area contributed by atoms with E-state index in [1.807, 2.05) is 30.3 Å². The van der Waals surface area contributed by atoms with Crippen molar-refractivity contribution in [3.8, 4) is 0 Å². The number of anilines is 1. The Morgan fingerprint density at radius 2 is 1.77 bits per heavy atom. The first kappa shape index (κ1) is 21.6. The van der Waals surface area contributed by atoms with Crippen LogP contribution in [0.25, 0.3) is 0 Å². The molecule has 2 aliphatic rings. The highest BCUT2D eigenvalue weighted by Gasteiger charge is 2.37. The quantitative estimate of drug-likeness (QED) is 0.758. The third-order valence-corrected chi connectivity index (χ3v) is 6.12. The van der Waals surface area contributed by atoms with Crippen molar-refractivity contribution >= 4 is 11.8 Å². The van der Waals surface area contributed by atoms with Gasteiger partial charge in [-0.3, -0.25) is 4.90 Å². The first-order valence-corrected chi connectivity index (χ1v) is 10.4. The Labute approximate surface area is 179 Å². The van der Waals surface area contributed by atoms with Gasteiger partial charge in [-0.2, -0.15) is 13.2 Å². The second kappa shape index (κ2) is 8.51. The van der Waals surface area contributed by atoms with Crippen LogP contribution in [0.15, 0.2) is 54.6 Å². The van der Waals surface area contributed by atoms with Gasteiger partial charge in [-0.15, -0.1) is 0 Å². The Balaban J connectivity index is 1.30. The Morgan fingerprint density at radius 3 is 2.45 bits per heavy atom. The van der Waals surface area contributed by atoms with Crippen LogP contribution in [0, 0.1) is 0 Å². The van der Waals surface area contributed by atoms with E-state index in [1.54, 1.807) is 0 Å². The second-order valence-electron chi connectivity index (χ2n) is 8.19. The normalized spacial score (nSPS) is 21.9. The van der Waals surface area contributed by atoms with Crippen molar-refractivity contribution < 1.29 is 27.8 Å². The first-order chi connectivity index (χ1) is 14.7. The van der Waals surface area contributed by atoms with Crippen molar-refractivity contribution in [2.45, 2.75) is 37.1 Å². The molecule has 2 heterocycles. The number of aliphatic hydroxyl groups is 1. The van der Waals surface area contributed by atoms with Crippen LogP contribution < -0.4 is 4.90 Å². The van der Waals surface area contributed by atoms with Crippen LogP contribution >= 0.6 is 0 Å². The molecule has 1 unspecified atom stereocenters. The fraction of sp³-hybridized carbons (Fsp3) is 0.435. The van der Waals surface area contributed by atoms with Crippen molar-refractivity contribution in [3.63, 3.8) is 0 Å². The van der Waals surface area contributed by atoms with Gasteiger partial charge in [0, 0.05) is 25.3 Å². The predicted octanol–water partition coefficient (Wildman–Crippen LogP) is 4.40. The third-order valence-electron chi connectivity index (χ3n) is 6.12. The number of alkyl halides is 3. The zero-order valence-corrected chi connectivity index (χ0v) is 17.0. The van der Waals surface area contributed by atoms with Gasteiger partial charge in [0.2, 0.25) is 0 Å². The van der Waals surface area contributed by atoms with Crippen LogP contribution in [0.1, 0.15) is 30.4 Å². The molecular weight excluding hydrogens is 409 g/mol. The van der Waals surface area contributed by atoms with E-state index in [1.165, 1.54) is 17.0 Å². The number of carbonyl (C=O) groups excluding carboxylic acids is 1. The number of carbonyl (C=O) groups is 1. The van der Waals surface area contributed by atoms with E-state index in [4.69, 9.17) is 4.74 Å². The minimum Gasteiger partial charge on any atom is -0.444 e. The van der Waals surface area contributed by atoms with E-state index in [0.717, 1.165) is 30.8 Å². The third kappa shape index (κ3) is 4.85. The fourth-order valence-corrected chi connectivity index (χ4v) is 4.24. The van der Waals surface area contributed by atoms with Gasteiger partial charge in [0.05, 0.1) is 17.7 Å². The molecule has 0 radical (unpaired) electrons. The monoisotopic (exact) mass is 434 g/mol. The lowest BCUT2D eigenvalue weighted by atomic mass is 9.84. The number of cyclic esters (lactones) is 1. The fourth-order valence-electron chi connectivity index (χ4n) is 4.24. The number of nitrogens with zero attached hydrogens (tertiary/aromatic N) is 2. The highest BCUT2D eigenvalue weighted by molar-refractivity contribution is 5.89. The minimum absolute atomic E-state index is 0.188. The van der Waals surface area contributed by atoms with Gasteiger partial charge >= 0.3 is 12.3 Å². The summed E-state index contributed by atoms with van der Waals surface area (Å²) in [6.07, 6.45) is -3.63. The molecular formula is C23H25F3N2O3. The van der Waals surface area contributed by atoms with Crippen LogP contribution in [-0.2, 0) is 16.5 Å². The molecule has 0 bridgehead atoms. The maximum atomic E-state index is 13.0. The standard InChI is InChI=1S/C23H25F3N2O3/c24-23(25,26)18-7-4-8-19(15-18)28-16-20(31-21(28)29)9-12-27-13-10-22(30,11-14-27)17-5-2-1-3-6-17/h1-8,15,20,30H,9-14,16H2. The number of hydrogen-bond acceptors (Lipinski definition) is 4. The highest BCUT2D eigenvalue weighted by Crippen LogP contribution is 2.34. The summed E-state index contributed by atoms with van der Waals surface area (Å²) in [7, 11) is 0. The summed E-state index contributed by atoms with van der Waals surface area (Å²) in [4.78, 5) is 15.7. The molecule has 31 heavy (non-hydrogen) atoms. The van der Waals surface area contributed by atoms with Gasteiger partial charge < -0.3 is 14.7 Å². The summed E-state index contributed by atoms with van der Waals surface area (Å²) >= 11 is 0. The van der Waals surface area contributed by atoms with Crippen molar-refractivity contribution in [2.24, 2.45) is 0 Å². The molecule has 5 nitrogen and oxygen atoms in total. The number of likely N-dealkylation sites (tertiary alicyclic amines) is 1. The summed E-state index contributed by atoms with van der Waals surface area (Å²) in [5, 5.41) is 10.9. The summed E-state index contributed by atoms with van der Waals surface area (Å²) in [6, 6.07) is 14.4. The molecule has 2 aromatic rings. The molecule has 1 N–H and O–H groups in total. The zero-order chi connectivity index (χ0) is 22.1. The molecule has 166 valence electrons. The highest BCUT2D eigenvalue weighted by atomic mass is 19.4. The minimum atomic E-state index is -4.46. The number of rotatable bonds is 5. The van der Waals surface area contributed by atoms with E-state index in [0.29, 0.717) is 25.8 Å². The number of amides is 1. The topological polar surface area (TPSA) is 53.0 Å². The van der Waals surface area contributed by atoms with Gasteiger partial charge in [0.25, 0.3) is 0 Å². The zero-order valence-electron chi connectivity index (χ0n) is 17.0. The molecule has 1 atom stereocenters. The number of ether oxygens (including phenoxy) is 1. The Kier molecular flexibility index (Phi) is 5.94. The SMILES string of the molecule is O=C1OC(CCN2CCC(O)(c3ccccc3)CC2)CN1c1cccc(C(F)(F)F)c1. The maximum Gasteiger partial charge on any atom is 0.416 e. The lowest BCUT2D eigenvalue weighted by Gasteiger charge is -2.38. The van der Waals surface area contributed by atoms with E-state index >= 15 is 0 Å². The molecule has 0 aliphatic carbocycles. The van der Waals surface area contributed by atoms with Crippen LogP contribution in [0.3, 0.4) is 0 Å². The summed E-state index contributed by atoms with van der Waals surface area (Å²) in [5.41, 5.74) is -0.498. The molecule has 2 aromatic carbocycles. The largest absolute Gasteiger partial charge is 0.444 e. The van der Waals surface area contributed by atoms with Crippen molar-refractivity contribution in [2.75, 3.05) is 31.1 Å². The molecule has 0 saturated carbocycles. The molecule has 8 heteroatoms. The van der Waals surface area contributed by atoms with Crippen LogP contribution in [0.4, 0.5) is 23.7 Å². The average Bonchev–Trinajstić information content (AvgIpc) is 3.14. The molecule has 4 rings (SSSR count). The maximum absolute atomic E-state index is 13.0. The Hall–Kier alpha value is -2.58. The van der Waals surface area contributed by atoms with Gasteiger partial charge in [-0.05, 0) is 43.0 Å². The lowest BCUT2D eigenvalue weighted by molar-refractivity contribution is -0.137. The summed E-state index contributed by atoms with van der Waals surface area (Å²) in [6.45, 7) is 2.37. The Morgan fingerprint density at radius 1 is 1.06 bits per heavy atom. The van der Waals surface area contributed by atoms with E-state index in [-0.39, 0.29) is 18.3 Å². The second-order valence-corrected chi connectivity index (χ2v) is 8.19. The first-order valence-electron chi connectivity index (χ1n) is 10.4. The van der Waals surface area contributed by atoms with Crippen LogP contribution in [-0.4, -0.2) is 48.4 Å². The van der Waals surface area contributed by atoms with Gasteiger partial charge in [-0.25, -0.2) is 4.79 Å². The Bertz CT molecular complexity index is 912. The van der Waals surface area contributed by atoms with Crippen LogP contribution in [0.5, 0.6) is 0 Å². The number of benzene rings is 2.